The molecular weight excluding hydrogens is 248 g/mol. The molecule has 104 valence electrons. The second-order valence-corrected chi connectivity index (χ2v) is 4.57. The Bertz CT molecular complexity index is 430. The number of benzene rings is 1. The maximum atomic E-state index is 9.81. The summed E-state index contributed by atoms with van der Waals surface area (Å²) in [4.78, 5) is 0. The maximum absolute atomic E-state index is 9.81. The lowest BCUT2D eigenvalue weighted by molar-refractivity contribution is -0.268. The summed E-state index contributed by atoms with van der Waals surface area (Å²) in [6, 6.07) is 7.06. The lowest BCUT2D eigenvalue weighted by Crippen LogP contribution is -2.58. The van der Waals surface area contributed by atoms with Crippen molar-refractivity contribution >= 4 is 6.08 Å². The number of rotatable bonds is 3. The van der Waals surface area contributed by atoms with Crippen LogP contribution in [0, 0.1) is 0 Å². The van der Waals surface area contributed by atoms with E-state index in [1.54, 1.807) is 25.1 Å². The molecule has 1 aliphatic rings. The number of ether oxygens (including phenoxy) is 2. The topological polar surface area (TPSA) is 79.2 Å². The first-order valence-corrected chi connectivity index (χ1v) is 6.11. The van der Waals surface area contributed by atoms with E-state index in [-0.39, 0.29) is 0 Å². The van der Waals surface area contributed by atoms with Gasteiger partial charge in [0.1, 0.15) is 24.1 Å². The van der Waals surface area contributed by atoms with Gasteiger partial charge in [0.25, 0.3) is 0 Å². The van der Waals surface area contributed by atoms with Crippen LogP contribution in [0.5, 0.6) is 5.75 Å². The third kappa shape index (κ3) is 2.96. The van der Waals surface area contributed by atoms with Crippen molar-refractivity contribution in [2.24, 2.45) is 0 Å². The highest BCUT2D eigenvalue weighted by atomic mass is 16.7. The van der Waals surface area contributed by atoms with Crippen molar-refractivity contribution in [3.63, 3.8) is 0 Å². The van der Waals surface area contributed by atoms with Crippen LogP contribution in [0.25, 0.3) is 6.08 Å². The molecule has 1 aliphatic heterocycles. The summed E-state index contributed by atoms with van der Waals surface area (Å²) >= 11 is 0. The molecule has 1 saturated heterocycles. The molecule has 2 rings (SSSR count). The first-order valence-electron chi connectivity index (χ1n) is 6.11. The molecule has 0 aliphatic carbocycles. The molecule has 5 nitrogen and oxygen atoms in total. The molecule has 5 atom stereocenters. The second kappa shape index (κ2) is 5.71. The van der Waals surface area contributed by atoms with Crippen molar-refractivity contribution in [3.05, 3.63) is 36.4 Å². The number of aliphatic hydroxyl groups is 3. The van der Waals surface area contributed by atoms with Crippen molar-refractivity contribution in [1.82, 2.24) is 0 Å². The van der Waals surface area contributed by atoms with Gasteiger partial charge in [-0.05, 0) is 24.6 Å². The normalized spacial score (nSPS) is 34.8. The van der Waals surface area contributed by atoms with E-state index in [1.165, 1.54) is 0 Å². The Kier molecular flexibility index (Phi) is 4.21. The summed E-state index contributed by atoms with van der Waals surface area (Å²) in [5, 5.41) is 29.1. The van der Waals surface area contributed by atoms with Gasteiger partial charge in [0.05, 0.1) is 6.10 Å². The van der Waals surface area contributed by atoms with Gasteiger partial charge in [-0.2, -0.15) is 0 Å². The number of aliphatic hydroxyl groups excluding tert-OH is 3. The molecule has 1 aromatic carbocycles. The molecule has 5 heteroatoms. The molecule has 1 fully saturated rings. The van der Waals surface area contributed by atoms with E-state index in [0.717, 1.165) is 5.56 Å². The lowest BCUT2D eigenvalue weighted by Gasteiger charge is -2.38. The van der Waals surface area contributed by atoms with Gasteiger partial charge in [0.15, 0.2) is 0 Å². The van der Waals surface area contributed by atoms with Crippen molar-refractivity contribution in [3.8, 4) is 5.75 Å². The van der Waals surface area contributed by atoms with Crippen LogP contribution in [0.2, 0.25) is 0 Å². The summed E-state index contributed by atoms with van der Waals surface area (Å²) in [5.41, 5.74) is 0.946. The molecule has 0 radical (unpaired) electrons. The molecule has 0 amide bonds. The largest absolute Gasteiger partial charge is 0.462 e. The predicted molar refractivity (Wildman–Crippen MR) is 69.5 cm³/mol. The van der Waals surface area contributed by atoms with E-state index in [0.29, 0.717) is 5.75 Å². The monoisotopic (exact) mass is 266 g/mol. The molecular formula is C14H18O5. The van der Waals surface area contributed by atoms with Crippen molar-refractivity contribution in [2.45, 2.75) is 37.6 Å². The smallest absolute Gasteiger partial charge is 0.229 e. The van der Waals surface area contributed by atoms with E-state index in [9.17, 15) is 15.3 Å². The molecule has 1 heterocycles. The fourth-order valence-corrected chi connectivity index (χ4v) is 1.93. The van der Waals surface area contributed by atoms with E-state index in [2.05, 4.69) is 6.58 Å². The third-order valence-electron chi connectivity index (χ3n) is 3.18. The zero-order valence-corrected chi connectivity index (χ0v) is 10.6. The van der Waals surface area contributed by atoms with E-state index in [4.69, 9.17) is 9.47 Å². The molecule has 0 aromatic heterocycles. The first kappa shape index (κ1) is 14.0. The zero-order valence-electron chi connectivity index (χ0n) is 10.6. The molecule has 1 unspecified atom stereocenters. The molecule has 1 aromatic rings. The van der Waals surface area contributed by atoms with Gasteiger partial charge in [0.2, 0.25) is 6.29 Å². The summed E-state index contributed by atoms with van der Waals surface area (Å²) < 4.78 is 10.8. The Hall–Kier alpha value is -1.40. The van der Waals surface area contributed by atoms with Crippen LogP contribution < -0.4 is 4.74 Å². The predicted octanol–water partition coefficient (Wildman–Crippen LogP) is 0.536. The minimum absolute atomic E-state index is 0.505. The van der Waals surface area contributed by atoms with Gasteiger partial charge < -0.3 is 24.8 Å². The zero-order chi connectivity index (χ0) is 14.0. The quantitative estimate of drug-likeness (QED) is 0.744. The highest BCUT2D eigenvalue weighted by molar-refractivity contribution is 5.48. The van der Waals surface area contributed by atoms with Gasteiger partial charge >= 0.3 is 0 Å². The first-order chi connectivity index (χ1) is 9.02. The maximum Gasteiger partial charge on any atom is 0.229 e. The average molecular weight is 266 g/mol. The lowest BCUT2D eigenvalue weighted by atomic mass is 10.00. The molecule has 0 spiro atoms. The SMILES string of the molecule is C=Cc1ccc(OC2O[C@@H](C)[C@H](O)[C@@H](O)[C@H]2O)cc1. The van der Waals surface area contributed by atoms with Gasteiger partial charge in [-0.3, -0.25) is 0 Å². The Morgan fingerprint density at radius 3 is 2.32 bits per heavy atom. The van der Waals surface area contributed by atoms with E-state index < -0.39 is 30.7 Å². The van der Waals surface area contributed by atoms with Crippen LogP contribution in [0.4, 0.5) is 0 Å². The Labute approximate surface area is 111 Å². The molecule has 0 saturated carbocycles. The summed E-state index contributed by atoms with van der Waals surface area (Å²) in [6.45, 7) is 5.26. The van der Waals surface area contributed by atoms with E-state index in [1.807, 2.05) is 12.1 Å². The van der Waals surface area contributed by atoms with Crippen LogP contribution in [-0.2, 0) is 4.74 Å². The van der Waals surface area contributed by atoms with Crippen molar-refractivity contribution < 1.29 is 24.8 Å². The van der Waals surface area contributed by atoms with Crippen LogP contribution in [-0.4, -0.2) is 46.0 Å². The number of hydrogen-bond donors (Lipinski definition) is 3. The summed E-state index contributed by atoms with van der Waals surface area (Å²) in [7, 11) is 0. The van der Waals surface area contributed by atoms with Crippen LogP contribution in [0.15, 0.2) is 30.8 Å². The van der Waals surface area contributed by atoms with Crippen molar-refractivity contribution in [2.75, 3.05) is 0 Å². The van der Waals surface area contributed by atoms with E-state index >= 15 is 0 Å². The van der Waals surface area contributed by atoms with Gasteiger partial charge in [-0.25, -0.2) is 0 Å². The Morgan fingerprint density at radius 2 is 1.74 bits per heavy atom. The van der Waals surface area contributed by atoms with Crippen LogP contribution in [0.1, 0.15) is 12.5 Å². The summed E-state index contributed by atoms with van der Waals surface area (Å²) in [6.07, 6.45) is -3.64. The average Bonchev–Trinajstić information content (AvgIpc) is 2.43. The van der Waals surface area contributed by atoms with Crippen LogP contribution >= 0.6 is 0 Å². The van der Waals surface area contributed by atoms with Gasteiger partial charge in [-0.1, -0.05) is 24.8 Å². The minimum Gasteiger partial charge on any atom is -0.462 e. The highest BCUT2D eigenvalue weighted by Crippen LogP contribution is 2.24. The fourth-order valence-electron chi connectivity index (χ4n) is 1.93. The van der Waals surface area contributed by atoms with Crippen molar-refractivity contribution in [1.29, 1.82) is 0 Å². The highest BCUT2D eigenvalue weighted by Gasteiger charge is 2.43. The Morgan fingerprint density at radius 1 is 1.11 bits per heavy atom. The summed E-state index contributed by atoms with van der Waals surface area (Å²) in [5.74, 6) is 0.505. The number of hydrogen-bond acceptors (Lipinski definition) is 5. The second-order valence-electron chi connectivity index (χ2n) is 4.57. The molecule has 19 heavy (non-hydrogen) atoms. The van der Waals surface area contributed by atoms with Crippen LogP contribution in [0.3, 0.4) is 0 Å². The third-order valence-corrected chi connectivity index (χ3v) is 3.18. The minimum atomic E-state index is -1.30. The molecule has 0 bridgehead atoms. The Balaban J connectivity index is 2.07. The standard InChI is InChI=1S/C14H18O5/c1-3-9-4-6-10(7-5-9)19-14-13(17)12(16)11(15)8(2)18-14/h3-8,11-17H,1H2,2H3/t8-,11-,12+,13+,14?/m0/s1. The van der Waals surface area contributed by atoms with Gasteiger partial charge in [-0.15, -0.1) is 0 Å². The molecule has 3 N–H and O–H groups in total. The fraction of sp³-hybridized carbons (Fsp3) is 0.429. The van der Waals surface area contributed by atoms with Gasteiger partial charge in [0, 0.05) is 0 Å².